The molecule has 0 amide bonds. The summed E-state index contributed by atoms with van der Waals surface area (Å²) in [4.78, 5) is 2.29. The highest BCUT2D eigenvalue weighted by atomic mass is 79.9. The average Bonchev–Trinajstić information content (AvgIpc) is 1.99. The van der Waals surface area contributed by atoms with Crippen LogP contribution in [-0.2, 0) is 0 Å². The van der Waals surface area contributed by atoms with E-state index in [1.54, 1.807) is 0 Å². The van der Waals surface area contributed by atoms with E-state index in [0.29, 0.717) is 10.5 Å². The molecule has 0 spiro atoms. The number of piperazine rings is 1. The van der Waals surface area contributed by atoms with E-state index in [-0.39, 0.29) is 5.54 Å². The number of hydrogen-bond donors (Lipinski definition) is 2. The third-order valence-electron chi connectivity index (χ3n) is 3.06. The van der Waals surface area contributed by atoms with Gasteiger partial charge < -0.3 is 5.32 Å². The third-order valence-corrected chi connectivity index (χ3v) is 3.29. The van der Waals surface area contributed by atoms with Gasteiger partial charge in [0, 0.05) is 24.3 Å². The second kappa shape index (κ2) is 4.66. The van der Waals surface area contributed by atoms with Crippen LogP contribution in [0.1, 0.15) is 20.8 Å². The van der Waals surface area contributed by atoms with Gasteiger partial charge in [-0.15, -0.1) is 0 Å². The molecule has 0 saturated carbocycles. The first kappa shape index (κ1) is 12.7. The van der Waals surface area contributed by atoms with E-state index in [1.807, 2.05) is 6.08 Å². The van der Waals surface area contributed by atoms with Gasteiger partial charge in [0.05, 0.1) is 4.62 Å². The average molecular weight is 274 g/mol. The summed E-state index contributed by atoms with van der Waals surface area (Å²) in [6, 6.07) is 0. The summed E-state index contributed by atoms with van der Waals surface area (Å²) in [6.45, 7) is 8.61. The van der Waals surface area contributed by atoms with Crippen LogP contribution in [0, 0.1) is 11.3 Å². The zero-order chi connectivity index (χ0) is 11.6. The Labute approximate surface area is 101 Å². The quantitative estimate of drug-likeness (QED) is 0.758. The molecule has 3 nitrogen and oxygen atoms in total. The summed E-state index contributed by atoms with van der Waals surface area (Å²) in [7, 11) is 2.12. The summed E-state index contributed by atoms with van der Waals surface area (Å²) >= 11 is 3.15. The second-order valence-corrected chi connectivity index (χ2v) is 5.74. The predicted octanol–water partition coefficient (Wildman–Crippen LogP) is 2.19. The number of hydrogen-bond acceptors (Lipinski definition) is 3. The molecular formula is C11H20BrN3. The van der Waals surface area contributed by atoms with Gasteiger partial charge in [-0.1, -0.05) is 13.8 Å². The van der Waals surface area contributed by atoms with Crippen LogP contribution in [0.2, 0.25) is 0 Å². The van der Waals surface area contributed by atoms with Crippen molar-refractivity contribution in [2.45, 2.75) is 26.3 Å². The standard InChI is InChI=1S/C11H20BrN3/c1-8(2)11(3)7-15(4)6-9(14-11)5-10(12)13/h5,8,13-14H,6-7H2,1-4H3/b9-5-,13-10?. The molecule has 4 heteroatoms. The Bertz CT molecular complexity index is 286. The molecule has 0 aliphatic carbocycles. The molecule has 0 bridgehead atoms. The molecule has 1 aliphatic heterocycles. The molecule has 0 aromatic carbocycles. The van der Waals surface area contributed by atoms with Crippen LogP contribution >= 0.6 is 15.9 Å². The minimum atomic E-state index is 0.0985. The fourth-order valence-corrected chi connectivity index (χ4v) is 2.19. The van der Waals surface area contributed by atoms with Crippen LogP contribution in [0.4, 0.5) is 0 Å². The monoisotopic (exact) mass is 273 g/mol. The first-order valence-electron chi connectivity index (χ1n) is 5.25. The Kier molecular flexibility index (Phi) is 3.95. The molecule has 1 fully saturated rings. The largest absolute Gasteiger partial charge is 0.381 e. The summed E-state index contributed by atoms with van der Waals surface area (Å²) in [5.74, 6) is 0.563. The first-order chi connectivity index (χ1) is 6.83. The lowest BCUT2D eigenvalue weighted by Gasteiger charge is -2.44. The highest BCUT2D eigenvalue weighted by Crippen LogP contribution is 2.23. The Balaban J connectivity index is 2.85. The van der Waals surface area contributed by atoms with Gasteiger partial charge in [0.1, 0.15) is 0 Å². The van der Waals surface area contributed by atoms with E-state index in [9.17, 15) is 0 Å². The number of nitrogens with one attached hydrogen (secondary N) is 2. The summed E-state index contributed by atoms with van der Waals surface area (Å²) in [5.41, 5.74) is 1.21. The number of likely N-dealkylation sites (N-methyl/N-ethyl adjacent to an activating group) is 1. The smallest absolute Gasteiger partial charge is 0.0984 e. The highest BCUT2D eigenvalue weighted by molar-refractivity contribution is 9.18. The minimum Gasteiger partial charge on any atom is -0.381 e. The Morgan fingerprint density at radius 2 is 2.27 bits per heavy atom. The van der Waals surface area contributed by atoms with Gasteiger partial charge in [0.25, 0.3) is 0 Å². The zero-order valence-electron chi connectivity index (χ0n) is 9.89. The molecule has 1 heterocycles. The van der Waals surface area contributed by atoms with Gasteiger partial charge in [-0.05, 0) is 41.9 Å². The first-order valence-corrected chi connectivity index (χ1v) is 6.04. The summed E-state index contributed by atoms with van der Waals surface area (Å²) < 4.78 is 0.423. The van der Waals surface area contributed by atoms with Gasteiger partial charge in [0.15, 0.2) is 0 Å². The van der Waals surface area contributed by atoms with Crippen molar-refractivity contribution in [2.75, 3.05) is 20.1 Å². The molecule has 0 aromatic rings. The van der Waals surface area contributed by atoms with Gasteiger partial charge in [-0.2, -0.15) is 0 Å². The molecule has 2 N–H and O–H groups in total. The predicted molar refractivity (Wildman–Crippen MR) is 68.6 cm³/mol. The van der Waals surface area contributed by atoms with Crippen molar-refractivity contribution in [3.8, 4) is 0 Å². The van der Waals surface area contributed by atoms with Crippen molar-refractivity contribution in [1.29, 1.82) is 5.41 Å². The van der Waals surface area contributed by atoms with Crippen molar-refractivity contribution in [3.05, 3.63) is 11.8 Å². The Hall–Kier alpha value is -0.350. The van der Waals surface area contributed by atoms with E-state index in [4.69, 9.17) is 5.41 Å². The van der Waals surface area contributed by atoms with E-state index in [0.717, 1.165) is 18.8 Å². The van der Waals surface area contributed by atoms with E-state index >= 15 is 0 Å². The van der Waals surface area contributed by atoms with Gasteiger partial charge in [-0.25, -0.2) is 0 Å². The van der Waals surface area contributed by atoms with Crippen molar-refractivity contribution < 1.29 is 0 Å². The van der Waals surface area contributed by atoms with Crippen molar-refractivity contribution in [3.63, 3.8) is 0 Å². The SMILES string of the molecule is CC(C)C1(C)CN(C)C/C(=C/C(=N)Br)N1. The van der Waals surface area contributed by atoms with Crippen molar-refractivity contribution in [2.24, 2.45) is 5.92 Å². The highest BCUT2D eigenvalue weighted by Gasteiger charge is 2.33. The second-order valence-electron chi connectivity index (χ2n) is 4.89. The molecule has 1 aliphatic rings. The van der Waals surface area contributed by atoms with E-state index < -0.39 is 0 Å². The molecule has 1 unspecified atom stereocenters. The molecule has 0 aromatic heterocycles. The maximum Gasteiger partial charge on any atom is 0.0984 e. The lowest BCUT2D eigenvalue weighted by atomic mass is 9.86. The molecular weight excluding hydrogens is 254 g/mol. The van der Waals surface area contributed by atoms with Crippen LogP contribution in [0.15, 0.2) is 11.8 Å². The number of halogens is 1. The normalized spacial score (nSPS) is 30.7. The van der Waals surface area contributed by atoms with Crippen molar-refractivity contribution >= 4 is 20.6 Å². The molecule has 0 radical (unpaired) electrons. The topological polar surface area (TPSA) is 39.1 Å². The Morgan fingerprint density at radius 1 is 1.67 bits per heavy atom. The van der Waals surface area contributed by atoms with Crippen LogP contribution in [0.3, 0.4) is 0 Å². The van der Waals surface area contributed by atoms with Gasteiger partial charge >= 0.3 is 0 Å². The summed E-state index contributed by atoms with van der Waals surface area (Å²) in [6.07, 6.45) is 1.84. The maximum absolute atomic E-state index is 7.41. The van der Waals surface area contributed by atoms with E-state index in [2.05, 4.69) is 54.0 Å². The van der Waals surface area contributed by atoms with Crippen molar-refractivity contribution in [1.82, 2.24) is 10.2 Å². The number of rotatable bonds is 2. The van der Waals surface area contributed by atoms with Crippen LogP contribution in [-0.4, -0.2) is 35.2 Å². The van der Waals surface area contributed by atoms with E-state index in [1.165, 1.54) is 0 Å². The lowest BCUT2D eigenvalue weighted by Crippen LogP contribution is -2.59. The van der Waals surface area contributed by atoms with Gasteiger partial charge in [-0.3, -0.25) is 10.3 Å². The fraction of sp³-hybridized carbons (Fsp3) is 0.727. The fourth-order valence-electron chi connectivity index (χ4n) is 1.91. The number of nitrogens with zero attached hydrogens (tertiary/aromatic N) is 1. The molecule has 15 heavy (non-hydrogen) atoms. The summed E-state index contributed by atoms with van der Waals surface area (Å²) in [5, 5.41) is 11.0. The molecule has 1 rings (SSSR count). The molecule has 1 saturated heterocycles. The zero-order valence-corrected chi connectivity index (χ0v) is 11.5. The number of allylic oxidation sites excluding steroid dienone is 1. The van der Waals surface area contributed by atoms with Crippen LogP contribution < -0.4 is 5.32 Å². The molecule has 86 valence electrons. The van der Waals surface area contributed by atoms with Crippen LogP contribution in [0.25, 0.3) is 0 Å². The third kappa shape index (κ3) is 3.31. The van der Waals surface area contributed by atoms with Crippen LogP contribution in [0.5, 0.6) is 0 Å². The molecule has 1 atom stereocenters. The lowest BCUT2D eigenvalue weighted by molar-refractivity contribution is 0.155. The Morgan fingerprint density at radius 3 is 2.73 bits per heavy atom. The van der Waals surface area contributed by atoms with Gasteiger partial charge in [0.2, 0.25) is 0 Å². The minimum absolute atomic E-state index is 0.0985. The maximum atomic E-state index is 7.41.